The molecule has 1 atom stereocenters. The fourth-order valence-corrected chi connectivity index (χ4v) is 1.60. The van der Waals surface area contributed by atoms with Crippen LogP contribution in [0.2, 0.25) is 0 Å². The molecule has 1 N–H and O–H groups in total. The van der Waals surface area contributed by atoms with Gasteiger partial charge in [-0.1, -0.05) is 6.07 Å². The third-order valence-electron chi connectivity index (χ3n) is 2.12. The van der Waals surface area contributed by atoms with Crippen molar-refractivity contribution in [3.8, 4) is 5.75 Å². The summed E-state index contributed by atoms with van der Waals surface area (Å²) in [5.41, 5.74) is 1.65. The standard InChI is InChI=1S/C11H14Cl2O2/c1-3-15-8-5-4-7(2)9(6-8)10(14)11(12)13/h4-6,10-11,14H,3H2,1-2H3. The largest absolute Gasteiger partial charge is 0.494 e. The van der Waals surface area contributed by atoms with E-state index < -0.39 is 10.9 Å². The third-order valence-corrected chi connectivity index (χ3v) is 2.60. The van der Waals surface area contributed by atoms with Gasteiger partial charge in [0.15, 0.2) is 0 Å². The van der Waals surface area contributed by atoms with Crippen molar-refractivity contribution in [3.63, 3.8) is 0 Å². The highest BCUT2D eigenvalue weighted by Crippen LogP contribution is 2.29. The molecule has 1 unspecified atom stereocenters. The van der Waals surface area contributed by atoms with Gasteiger partial charge in [-0.05, 0) is 37.1 Å². The van der Waals surface area contributed by atoms with Crippen LogP contribution in [0.15, 0.2) is 18.2 Å². The second kappa shape index (κ2) is 5.59. The molecule has 0 bridgehead atoms. The second-order valence-electron chi connectivity index (χ2n) is 3.23. The first kappa shape index (κ1) is 12.6. The van der Waals surface area contributed by atoms with Gasteiger partial charge in [-0.15, -0.1) is 23.2 Å². The lowest BCUT2D eigenvalue weighted by molar-refractivity contribution is 0.191. The lowest BCUT2D eigenvalue weighted by atomic mass is 10.0. The normalized spacial score (nSPS) is 12.9. The van der Waals surface area contributed by atoms with E-state index in [4.69, 9.17) is 27.9 Å². The van der Waals surface area contributed by atoms with Crippen molar-refractivity contribution in [3.05, 3.63) is 29.3 Å². The number of benzene rings is 1. The van der Waals surface area contributed by atoms with Crippen molar-refractivity contribution in [2.45, 2.75) is 24.8 Å². The number of halogens is 2. The molecule has 4 heteroatoms. The van der Waals surface area contributed by atoms with E-state index in [1.165, 1.54) is 0 Å². The maximum absolute atomic E-state index is 9.75. The zero-order chi connectivity index (χ0) is 11.4. The number of rotatable bonds is 4. The van der Waals surface area contributed by atoms with Crippen LogP contribution < -0.4 is 4.74 Å². The van der Waals surface area contributed by atoms with E-state index in [0.717, 1.165) is 5.56 Å². The quantitative estimate of drug-likeness (QED) is 0.830. The molecule has 2 nitrogen and oxygen atoms in total. The first-order chi connectivity index (χ1) is 7.06. The molecule has 0 aromatic heterocycles. The average Bonchev–Trinajstić information content (AvgIpc) is 2.20. The summed E-state index contributed by atoms with van der Waals surface area (Å²) in [5, 5.41) is 9.75. The number of aliphatic hydroxyl groups excluding tert-OH is 1. The average molecular weight is 249 g/mol. The molecule has 0 heterocycles. The summed E-state index contributed by atoms with van der Waals surface area (Å²) in [7, 11) is 0. The minimum absolute atomic E-state index is 0.587. The van der Waals surface area contributed by atoms with Gasteiger partial charge in [0.05, 0.1) is 6.61 Å². The second-order valence-corrected chi connectivity index (χ2v) is 4.39. The summed E-state index contributed by atoms with van der Waals surface area (Å²) in [5.74, 6) is 0.714. The fraction of sp³-hybridized carbons (Fsp3) is 0.455. The summed E-state index contributed by atoms with van der Waals surface area (Å²) < 4.78 is 5.33. The smallest absolute Gasteiger partial charge is 0.137 e. The Morgan fingerprint density at radius 2 is 2.07 bits per heavy atom. The number of alkyl halides is 2. The maximum atomic E-state index is 9.75. The Labute approximate surface area is 99.8 Å². The molecule has 15 heavy (non-hydrogen) atoms. The molecule has 1 aromatic rings. The van der Waals surface area contributed by atoms with Gasteiger partial charge in [0, 0.05) is 0 Å². The number of aryl methyl sites for hydroxylation is 1. The highest BCUT2D eigenvalue weighted by atomic mass is 35.5. The highest BCUT2D eigenvalue weighted by Gasteiger charge is 2.18. The molecule has 1 rings (SSSR count). The van der Waals surface area contributed by atoms with E-state index in [9.17, 15) is 5.11 Å². The summed E-state index contributed by atoms with van der Waals surface area (Å²) in [6.45, 7) is 4.38. The molecular weight excluding hydrogens is 235 g/mol. The lowest BCUT2D eigenvalue weighted by Gasteiger charge is -2.15. The van der Waals surface area contributed by atoms with Gasteiger partial charge in [-0.25, -0.2) is 0 Å². The Hall–Kier alpha value is -0.440. The molecule has 0 aliphatic rings. The Bertz CT molecular complexity index is 326. The third kappa shape index (κ3) is 3.26. The summed E-state index contributed by atoms with van der Waals surface area (Å²) in [6, 6.07) is 5.49. The molecule has 0 fully saturated rings. The van der Waals surface area contributed by atoms with E-state index in [2.05, 4.69) is 0 Å². The summed E-state index contributed by atoms with van der Waals surface area (Å²) >= 11 is 11.3. The van der Waals surface area contributed by atoms with Crippen molar-refractivity contribution in [2.75, 3.05) is 6.61 Å². The predicted octanol–water partition coefficient (Wildman–Crippen LogP) is 3.23. The summed E-state index contributed by atoms with van der Waals surface area (Å²) in [4.78, 5) is -0.833. The van der Waals surface area contributed by atoms with Crippen LogP contribution in [0.3, 0.4) is 0 Å². The van der Waals surface area contributed by atoms with Crippen molar-refractivity contribution < 1.29 is 9.84 Å². The first-order valence-electron chi connectivity index (χ1n) is 4.75. The van der Waals surface area contributed by atoms with Crippen molar-refractivity contribution in [1.82, 2.24) is 0 Å². The van der Waals surface area contributed by atoms with Crippen LogP contribution in [-0.4, -0.2) is 16.5 Å². The Kier molecular flexibility index (Phi) is 4.71. The predicted molar refractivity (Wildman–Crippen MR) is 62.8 cm³/mol. The minimum Gasteiger partial charge on any atom is -0.494 e. The minimum atomic E-state index is -0.881. The highest BCUT2D eigenvalue weighted by molar-refractivity contribution is 6.44. The molecule has 0 aliphatic carbocycles. The van der Waals surface area contributed by atoms with Crippen molar-refractivity contribution in [2.24, 2.45) is 0 Å². The molecule has 0 spiro atoms. The summed E-state index contributed by atoms with van der Waals surface area (Å²) in [6.07, 6.45) is -0.881. The number of aliphatic hydroxyl groups is 1. The SMILES string of the molecule is CCOc1ccc(C)c(C(O)C(Cl)Cl)c1. The Morgan fingerprint density at radius 3 is 2.60 bits per heavy atom. The molecule has 0 radical (unpaired) electrons. The molecular formula is C11H14Cl2O2. The maximum Gasteiger partial charge on any atom is 0.137 e. The van der Waals surface area contributed by atoms with Gasteiger partial charge >= 0.3 is 0 Å². The van der Waals surface area contributed by atoms with Crippen LogP contribution in [0.1, 0.15) is 24.2 Å². The van der Waals surface area contributed by atoms with E-state index in [1.54, 1.807) is 6.07 Å². The van der Waals surface area contributed by atoms with Crippen molar-refractivity contribution >= 4 is 23.2 Å². The molecule has 0 saturated heterocycles. The van der Waals surface area contributed by atoms with Crippen LogP contribution in [-0.2, 0) is 0 Å². The first-order valence-corrected chi connectivity index (χ1v) is 5.63. The molecule has 0 amide bonds. The van der Waals surface area contributed by atoms with Gasteiger partial charge in [0.25, 0.3) is 0 Å². The van der Waals surface area contributed by atoms with Gasteiger partial charge in [0.2, 0.25) is 0 Å². The van der Waals surface area contributed by atoms with Crippen LogP contribution >= 0.6 is 23.2 Å². The van der Waals surface area contributed by atoms with Crippen LogP contribution in [0.5, 0.6) is 5.75 Å². The zero-order valence-corrected chi connectivity index (χ0v) is 10.2. The monoisotopic (exact) mass is 248 g/mol. The number of hydrogen-bond donors (Lipinski definition) is 1. The van der Waals surface area contributed by atoms with E-state index >= 15 is 0 Å². The van der Waals surface area contributed by atoms with Crippen LogP contribution in [0.25, 0.3) is 0 Å². The lowest BCUT2D eigenvalue weighted by Crippen LogP contribution is -2.08. The number of ether oxygens (including phenoxy) is 1. The van der Waals surface area contributed by atoms with Gasteiger partial charge < -0.3 is 9.84 Å². The van der Waals surface area contributed by atoms with Gasteiger partial charge in [-0.3, -0.25) is 0 Å². The zero-order valence-electron chi connectivity index (χ0n) is 8.71. The molecule has 84 valence electrons. The van der Waals surface area contributed by atoms with E-state index in [1.807, 2.05) is 26.0 Å². The van der Waals surface area contributed by atoms with Gasteiger partial charge in [-0.2, -0.15) is 0 Å². The Morgan fingerprint density at radius 1 is 1.40 bits per heavy atom. The van der Waals surface area contributed by atoms with Crippen LogP contribution in [0.4, 0.5) is 0 Å². The van der Waals surface area contributed by atoms with Gasteiger partial charge in [0.1, 0.15) is 16.7 Å². The molecule has 0 saturated carbocycles. The fourth-order valence-electron chi connectivity index (χ4n) is 1.33. The van der Waals surface area contributed by atoms with Crippen molar-refractivity contribution in [1.29, 1.82) is 0 Å². The molecule has 1 aromatic carbocycles. The van der Waals surface area contributed by atoms with E-state index in [0.29, 0.717) is 17.9 Å². The Balaban J connectivity index is 2.99. The van der Waals surface area contributed by atoms with E-state index in [-0.39, 0.29) is 0 Å². The topological polar surface area (TPSA) is 29.5 Å². The number of hydrogen-bond acceptors (Lipinski definition) is 2. The van der Waals surface area contributed by atoms with Crippen LogP contribution in [0, 0.1) is 6.92 Å². The molecule has 0 aliphatic heterocycles.